The van der Waals surface area contributed by atoms with Crippen LogP contribution in [0, 0.1) is 13.8 Å². The highest BCUT2D eigenvalue weighted by Gasteiger charge is 2.29. The molecule has 0 unspecified atom stereocenters. The molecule has 0 aliphatic carbocycles. The maximum absolute atomic E-state index is 11.9. The number of para-hydroxylation sites is 1. The molecule has 2 aromatic rings. The van der Waals surface area contributed by atoms with Gasteiger partial charge in [-0.05, 0) is 70.0 Å². The van der Waals surface area contributed by atoms with Crippen molar-refractivity contribution in [3.8, 4) is 5.75 Å². The van der Waals surface area contributed by atoms with Crippen molar-refractivity contribution in [3.05, 3.63) is 53.6 Å². The van der Waals surface area contributed by atoms with E-state index in [0.29, 0.717) is 27.5 Å². The van der Waals surface area contributed by atoms with Crippen LogP contribution in [0.4, 0.5) is 5.69 Å². The number of nitrogens with zero attached hydrogens (tertiary/aromatic N) is 1. The summed E-state index contributed by atoms with van der Waals surface area (Å²) in [5, 5.41) is 0. The van der Waals surface area contributed by atoms with E-state index in [1.54, 1.807) is 52.1 Å². The van der Waals surface area contributed by atoms with E-state index >= 15 is 0 Å². The van der Waals surface area contributed by atoms with Crippen LogP contribution in [0.5, 0.6) is 5.75 Å². The molecule has 0 fully saturated rings. The van der Waals surface area contributed by atoms with Gasteiger partial charge in [0.05, 0.1) is 30.8 Å². The topological polar surface area (TPSA) is 88.5 Å². The third-order valence-electron chi connectivity index (χ3n) is 4.37. The Balaban J connectivity index is 2.24. The number of benzene rings is 2. The van der Waals surface area contributed by atoms with E-state index in [9.17, 15) is 13.9 Å². The van der Waals surface area contributed by atoms with Crippen molar-refractivity contribution in [3.63, 3.8) is 0 Å². The molecule has 31 heavy (non-hydrogen) atoms. The summed E-state index contributed by atoms with van der Waals surface area (Å²) in [5.74, 6) is 0.188. The van der Waals surface area contributed by atoms with Gasteiger partial charge in [-0.1, -0.05) is 29.0 Å². The van der Waals surface area contributed by atoms with Crippen molar-refractivity contribution in [1.29, 1.82) is 0 Å². The predicted molar refractivity (Wildman–Crippen MR) is 124 cm³/mol. The van der Waals surface area contributed by atoms with Crippen LogP contribution in [-0.2, 0) is 14.3 Å². The maximum atomic E-state index is 11.9. The molecular weight excluding hydrogens is 418 g/mol. The van der Waals surface area contributed by atoms with E-state index < -0.39 is 22.3 Å². The second-order valence-electron chi connectivity index (χ2n) is 8.19. The van der Waals surface area contributed by atoms with Gasteiger partial charge in [0.2, 0.25) is 0 Å². The van der Waals surface area contributed by atoms with Gasteiger partial charge in [-0.3, -0.25) is 13.4 Å². The first-order chi connectivity index (χ1) is 14.5. The van der Waals surface area contributed by atoms with Crippen molar-refractivity contribution in [2.24, 2.45) is 0 Å². The molecule has 0 heterocycles. The van der Waals surface area contributed by atoms with E-state index in [1.165, 1.54) is 4.31 Å². The molecule has 0 amide bonds. The predicted octanol–water partition coefficient (Wildman–Crippen LogP) is 5.20. The van der Waals surface area contributed by atoms with E-state index in [-0.39, 0.29) is 19.8 Å². The third kappa shape index (κ3) is 6.87. The van der Waals surface area contributed by atoms with Crippen LogP contribution >= 0.6 is 10.8 Å². The Hall–Kier alpha value is -2.26. The normalized spacial score (nSPS) is 12.4. The fourth-order valence-electron chi connectivity index (χ4n) is 3.24. The second-order valence-corrected chi connectivity index (χ2v) is 10.1. The molecule has 0 aliphatic heterocycles. The first-order valence-corrected chi connectivity index (χ1v) is 11.5. The number of hydrogen-bond acceptors (Lipinski definition) is 7. The fourth-order valence-corrected chi connectivity index (χ4v) is 5.19. The van der Waals surface area contributed by atoms with Crippen molar-refractivity contribution in [2.75, 3.05) is 31.2 Å². The van der Waals surface area contributed by atoms with Crippen LogP contribution in [-0.4, -0.2) is 47.5 Å². The average molecular weight is 452 g/mol. The van der Waals surface area contributed by atoms with Gasteiger partial charge in [0, 0.05) is 0 Å². The molecule has 0 saturated heterocycles. The zero-order valence-electron chi connectivity index (χ0n) is 19.0. The summed E-state index contributed by atoms with van der Waals surface area (Å²) < 4.78 is 40.2. The largest absolute Gasteiger partial charge is 0.497 e. The standard InChI is InChI=1S/C23H33NO6S/c1-17-14-20(28-6)15-18(2)22(17)31(26,27)24(19-10-8-7-9-11-19)12-13-29-16-21(25)30-23(3,4)5/h7-11,14-15,26-27H,12-13,16H2,1-6H3. The molecule has 0 aliphatic rings. The summed E-state index contributed by atoms with van der Waals surface area (Å²) in [7, 11) is -1.81. The molecule has 7 nitrogen and oxygen atoms in total. The Morgan fingerprint density at radius 3 is 2.16 bits per heavy atom. The quantitative estimate of drug-likeness (QED) is 0.400. The second kappa shape index (κ2) is 10.4. The summed E-state index contributed by atoms with van der Waals surface area (Å²) in [4.78, 5) is 12.3. The van der Waals surface area contributed by atoms with Gasteiger partial charge < -0.3 is 14.2 Å². The summed E-state index contributed by atoms with van der Waals surface area (Å²) >= 11 is 0. The number of ether oxygens (including phenoxy) is 3. The lowest BCUT2D eigenvalue weighted by atomic mass is 10.1. The van der Waals surface area contributed by atoms with Gasteiger partial charge >= 0.3 is 5.97 Å². The lowest BCUT2D eigenvalue weighted by Gasteiger charge is -2.45. The van der Waals surface area contributed by atoms with Gasteiger partial charge in [0.1, 0.15) is 18.0 Å². The van der Waals surface area contributed by atoms with Crippen LogP contribution in [0.25, 0.3) is 0 Å². The number of rotatable bonds is 9. The molecule has 0 atom stereocenters. The summed E-state index contributed by atoms with van der Waals surface area (Å²) in [6.07, 6.45) is 0. The first kappa shape index (κ1) is 25.0. The van der Waals surface area contributed by atoms with Crippen LogP contribution in [0.1, 0.15) is 31.9 Å². The Morgan fingerprint density at radius 2 is 1.65 bits per heavy atom. The Morgan fingerprint density at radius 1 is 1.06 bits per heavy atom. The first-order valence-electron chi connectivity index (χ1n) is 10.0. The summed E-state index contributed by atoms with van der Waals surface area (Å²) in [5.41, 5.74) is 1.48. The monoisotopic (exact) mass is 451 g/mol. The molecule has 2 N–H and O–H groups in total. The van der Waals surface area contributed by atoms with Crippen molar-refractivity contribution in [2.45, 2.75) is 45.1 Å². The van der Waals surface area contributed by atoms with Crippen LogP contribution in [0.2, 0.25) is 0 Å². The number of anilines is 1. The van der Waals surface area contributed by atoms with Crippen molar-refractivity contribution >= 4 is 22.4 Å². The van der Waals surface area contributed by atoms with Crippen LogP contribution in [0.3, 0.4) is 0 Å². The van der Waals surface area contributed by atoms with E-state index in [4.69, 9.17) is 14.2 Å². The number of carbonyl (C=O) groups is 1. The number of hydrogen-bond donors (Lipinski definition) is 2. The highest BCUT2D eigenvalue weighted by atomic mass is 32.3. The lowest BCUT2D eigenvalue weighted by Crippen LogP contribution is -2.33. The molecule has 172 valence electrons. The molecule has 2 rings (SSSR count). The Bertz CT molecular complexity index is 856. The summed E-state index contributed by atoms with van der Waals surface area (Å²) in [6.45, 7) is 9.07. The number of esters is 1. The van der Waals surface area contributed by atoms with Crippen LogP contribution < -0.4 is 9.04 Å². The van der Waals surface area contributed by atoms with Gasteiger partial charge in [-0.15, -0.1) is 0 Å². The summed E-state index contributed by atoms with van der Waals surface area (Å²) in [6, 6.07) is 12.7. The fraction of sp³-hybridized carbons (Fsp3) is 0.435. The van der Waals surface area contributed by atoms with Crippen LogP contribution in [0.15, 0.2) is 47.4 Å². The molecule has 8 heteroatoms. The minimum atomic E-state index is -3.39. The maximum Gasteiger partial charge on any atom is 0.332 e. The van der Waals surface area contributed by atoms with E-state index in [1.807, 2.05) is 32.0 Å². The van der Waals surface area contributed by atoms with Crippen molar-refractivity contribution < 1.29 is 28.1 Å². The molecule has 0 saturated carbocycles. The average Bonchev–Trinajstić information content (AvgIpc) is 2.66. The molecule has 0 radical (unpaired) electrons. The van der Waals surface area contributed by atoms with Gasteiger partial charge in [0.25, 0.3) is 0 Å². The minimum Gasteiger partial charge on any atom is -0.497 e. The molecule has 0 spiro atoms. The minimum absolute atomic E-state index is 0.109. The SMILES string of the molecule is COc1cc(C)c(S(O)(O)N(CCOCC(=O)OC(C)(C)C)c2ccccc2)c(C)c1. The number of methoxy groups -OCH3 is 1. The zero-order valence-corrected chi connectivity index (χ0v) is 19.9. The van der Waals surface area contributed by atoms with E-state index in [0.717, 1.165) is 0 Å². The van der Waals surface area contributed by atoms with Gasteiger partial charge in [0.15, 0.2) is 0 Å². The van der Waals surface area contributed by atoms with Gasteiger partial charge in [-0.2, -0.15) is 0 Å². The zero-order chi connectivity index (χ0) is 23.2. The molecular formula is C23H33NO6S. The number of aryl methyl sites for hydroxylation is 2. The molecule has 0 aromatic heterocycles. The van der Waals surface area contributed by atoms with Gasteiger partial charge in [-0.25, -0.2) is 4.79 Å². The highest BCUT2D eigenvalue weighted by Crippen LogP contribution is 2.56. The highest BCUT2D eigenvalue weighted by molar-refractivity contribution is 8.25. The number of carbonyl (C=O) groups excluding carboxylic acids is 1. The third-order valence-corrected chi connectivity index (χ3v) is 6.57. The Kier molecular flexibility index (Phi) is 8.36. The van der Waals surface area contributed by atoms with E-state index in [2.05, 4.69) is 0 Å². The molecule has 0 bridgehead atoms. The van der Waals surface area contributed by atoms with Crippen molar-refractivity contribution in [1.82, 2.24) is 0 Å². The Labute approximate surface area is 186 Å². The molecule has 2 aromatic carbocycles. The smallest absolute Gasteiger partial charge is 0.332 e. The lowest BCUT2D eigenvalue weighted by molar-refractivity contribution is -0.160.